The summed E-state index contributed by atoms with van der Waals surface area (Å²) in [6.07, 6.45) is 8.30. The summed E-state index contributed by atoms with van der Waals surface area (Å²) in [5, 5.41) is 16.8. The number of nitrogens with zero attached hydrogens (tertiary/aromatic N) is 7. The Labute approximate surface area is 440 Å². The minimum Gasteiger partial charge on any atom is -0.494 e. The van der Waals surface area contributed by atoms with Crippen LogP contribution in [-0.2, 0) is 29.4 Å². The zero-order chi connectivity index (χ0) is 53.2. The van der Waals surface area contributed by atoms with Crippen LogP contribution in [0.5, 0.6) is 5.75 Å². The summed E-state index contributed by atoms with van der Waals surface area (Å²) >= 11 is 0. The van der Waals surface area contributed by atoms with E-state index in [1.807, 2.05) is 67.6 Å². The third-order valence-electron chi connectivity index (χ3n) is 14.4. The Balaban J connectivity index is 0.630. The Morgan fingerprint density at radius 1 is 0.829 bits per heavy atom. The number of likely N-dealkylation sites (tertiary alicyclic amines) is 1. The first kappa shape index (κ1) is 53.2. The predicted molar refractivity (Wildman–Crippen MR) is 278 cm³/mol. The van der Waals surface area contributed by atoms with Crippen LogP contribution in [0.3, 0.4) is 0 Å². The van der Waals surface area contributed by atoms with Crippen LogP contribution in [-0.4, -0.2) is 156 Å². The van der Waals surface area contributed by atoms with Gasteiger partial charge in [0.25, 0.3) is 17.7 Å². The van der Waals surface area contributed by atoms with Crippen LogP contribution in [0.25, 0.3) is 11.4 Å². The van der Waals surface area contributed by atoms with Crippen LogP contribution in [0.4, 0.5) is 15.8 Å². The van der Waals surface area contributed by atoms with Crippen molar-refractivity contribution in [2.24, 2.45) is 0 Å². The summed E-state index contributed by atoms with van der Waals surface area (Å²) in [7, 11) is 2.11. The molecule has 76 heavy (non-hydrogen) atoms. The smallest absolute Gasteiger partial charge is 0.262 e. The number of halogens is 1. The normalized spacial score (nSPS) is 18.1. The average Bonchev–Trinajstić information content (AvgIpc) is 4.04. The van der Waals surface area contributed by atoms with E-state index in [0.717, 1.165) is 84.5 Å². The summed E-state index contributed by atoms with van der Waals surface area (Å²) in [5.41, 5.74) is 2.67. The number of carbonyl (C=O) groups excluding carboxylic acids is 6. The molecular formula is C55H64FN11O9. The zero-order valence-corrected chi connectivity index (χ0v) is 42.9. The Hall–Kier alpha value is -7.62. The van der Waals surface area contributed by atoms with Gasteiger partial charge in [0.2, 0.25) is 17.7 Å². The van der Waals surface area contributed by atoms with Crippen molar-refractivity contribution in [2.75, 3.05) is 89.6 Å². The molecule has 4 aliphatic rings. The highest BCUT2D eigenvalue weighted by atomic mass is 19.1. The number of aromatic amines is 1. The van der Waals surface area contributed by atoms with Crippen LogP contribution in [0.2, 0.25) is 0 Å². The molecule has 2 atom stereocenters. The first-order valence-corrected chi connectivity index (χ1v) is 26.0. The van der Waals surface area contributed by atoms with Crippen LogP contribution in [0.15, 0.2) is 85.2 Å². The van der Waals surface area contributed by atoms with Crippen molar-refractivity contribution in [1.82, 2.24) is 45.5 Å². The maximum Gasteiger partial charge on any atom is 0.262 e. The highest BCUT2D eigenvalue weighted by molar-refractivity contribution is 6.23. The van der Waals surface area contributed by atoms with Crippen LogP contribution < -0.4 is 25.6 Å². The van der Waals surface area contributed by atoms with Crippen molar-refractivity contribution in [1.29, 1.82) is 0 Å². The number of aromatic nitrogens is 4. The van der Waals surface area contributed by atoms with E-state index in [9.17, 15) is 28.8 Å². The molecule has 5 aromatic rings. The molecule has 2 aromatic heterocycles. The number of benzene rings is 3. The second-order valence-corrected chi connectivity index (χ2v) is 19.7. The Morgan fingerprint density at radius 3 is 2.33 bits per heavy atom. The van der Waals surface area contributed by atoms with E-state index in [2.05, 4.69) is 43.1 Å². The number of anilines is 2. The predicted octanol–water partition coefficient (Wildman–Crippen LogP) is 5.25. The van der Waals surface area contributed by atoms with E-state index in [-0.39, 0.29) is 54.1 Å². The minimum absolute atomic E-state index is 0.00367. The minimum atomic E-state index is -1.14. The quantitative estimate of drug-likeness (QED) is 0.0512. The lowest BCUT2D eigenvalue weighted by Gasteiger charge is -2.40. The number of hydrogen-bond donors (Lipinski definition) is 4. The molecule has 0 bridgehead atoms. The van der Waals surface area contributed by atoms with Crippen LogP contribution in [0, 0.1) is 5.82 Å². The number of H-pyrrole nitrogens is 1. The fraction of sp³-hybridized carbons (Fsp3) is 0.436. The number of nitrogens with one attached hydrogen (secondary N) is 4. The average molecular weight is 1040 g/mol. The molecule has 3 fully saturated rings. The van der Waals surface area contributed by atoms with Gasteiger partial charge in [-0.3, -0.25) is 49.1 Å². The Bertz CT molecular complexity index is 2900. The van der Waals surface area contributed by atoms with E-state index >= 15 is 4.39 Å². The topological polar surface area (TPSA) is 234 Å². The number of piperazine rings is 1. The summed E-state index contributed by atoms with van der Waals surface area (Å²) in [6, 6.07) is 20.0. The second-order valence-electron chi connectivity index (χ2n) is 19.7. The van der Waals surface area contributed by atoms with Crippen molar-refractivity contribution in [3.63, 3.8) is 0 Å². The molecule has 0 aliphatic carbocycles. The number of piperidine rings is 2. The van der Waals surface area contributed by atoms with Gasteiger partial charge in [0.1, 0.15) is 24.2 Å². The molecule has 6 amide bonds. The van der Waals surface area contributed by atoms with Crippen molar-refractivity contribution in [3.05, 3.63) is 119 Å². The molecule has 0 saturated carbocycles. The van der Waals surface area contributed by atoms with Gasteiger partial charge in [0.05, 0.1) is 35.0 Å². The monoisotopic (exact) mass is 1040 g/mol. The highest BCUT2D eigenvalue weighted by Crippen LogP contribution is 2.36. The summed E-state index contributed by atoms with van der Waals surface area (Å²) < 4.78 is 32.9. The maximum absolute atomic E-state index is 15.4. The number of ether oxygens (including phenoxy) is 3. The molecule has 21 heteroatoms. The molecule has 4 N–H and O–H groups in total. The first-order valence-electron chi connectivity index (χ1n) is 26.0. The van der Waals surface area contributed by atoms with E-state index in [4.69, 9.17) is 19.2 Å². The number of rotatable bonds is 22. The van der Waals surface area contributed by atoms with Gasteiger partial charge in [0.15, 0.2) is 11.6 Å². The molecule has 4 aliphatic heterocycles. The van der Waals surface area contributed by atoms with Gasteiger partial charge in [0, 0.05) is 94.7 Å². The van der Waals surface area contributed by atoms with E-state index in [1.54, 1.807) is 22.2 Å². The Kier molecular flexibility index (Phi) is 17.1. The van der Waals surface area contributed by atoms with Gasteiger partial charge in [-0.2, -0.15) is 5.10 Å². The molecule has 400 valence electrons. The molecular weight excluding hydrogens is 978 g/mol. The van der Waals surface area contributed by atoms with Crippen molar-refractivity contribution >= 4 is 46.8 Å². The largest absolute Gasteiger partial charge is 0.494 e. The summed E-state index contributed by atoms with van der Waals surface area (Å²) in [5.74, 6) is -1.66. The summed E-state index contributed by atoms with van der Waals surface area (Å²) in [4.78, 5) is 92.4. The number of pyridine rings is 1. The van der Waals surface area contributed by atoms with Crippen molar-refractivity contribution in [3.8, 4) is 17.1 Å². The van der Waals surface area contributed by atoms with Gasteiger partial charge < -0.3 is 39.5 Å². The SMILES string of the molecule is CC(NC(=O)c1cccc(NC2(c3nc(-c4ccncc4)n[nH]3)CCN(C)CC2)c1)c1cccc(OCCCCCOCCCOCC(=O)N2CCN(c3cc4c(cc3F)C(=O)N(C3CCC(=O)NC3=O)C4=O)CC2)c1. The summed E-state index contributed by atoms with van der Waals surface area (Å²) in [6.45, 7) is 6.81. The lowest BCUT2D eigenvalue weighted by atomic mass is 9.86. The fourth-order valence-corrected chi connectivity index (χ4v) is 9.99. The lowest BCUT2D eigenvalue weighted by molar-refractivity contribution is -0.137. The zero-order valence-electron chi connectivity index (χ0n) is 42.9. The third kappa shape index (κ3) is 12.5. The van der Waals surface area contributed by atoms with Gasteiger partial charge >= 0.3 is 0 Å². The molecule has 3 saturated heterocycles. The van der Waals surface area contributed by atoms with Gasteiger partial charge in [-0.15, -0.1) is 0 Å². The molecule has 9 rings (SSSR count). The van der Waals surface area contributed by atoms with Crippen molar-refractivity contribution in [2.45, 2.75) is 75.9 Å². The number of amides is 6. The van der Waals surface area contributed by atoms with Crippen LogP contribution >= 0.6 is 0 Å². The fourth-order valence-electron chi connectivity index (χ4n) is 9.99. The second kappa shape index (κ2) is 24.4. The molecule has 3 aromatic carbocycles. The molecule has 0 radical (unpaired) electrons. The highest BCUT2D eigenvalue weighted by Gasteiger charge is 2.46. The first-order chi connectivity index (χ1) is 36.9. The number of unbranched alkanes of at least 4 members (excludes halogenated alkanes) is 2. The number of fused-ring (bicyclic) bond motifs is 1. The molecule has 2 unspecified atom stereocenters. The Morgan fingerprint density at radius 2 is 1.55 bits per heavy atom. The molecule has 0 spiro atoms. The van der Waals surface area contributed by atoms with Gasteiger partial charge in [-0.1, -0.05) is 18.2 Å². The van der Waals surface area contributed by atoms with Gasteiger partial charge in [-0.05, 0) is 119 Å². The number of hydrogen-bond acceptors (Lipinski definition) is 15. The molecule has 6 heterocycles. The number of imide groups is 2. The standard InChI is InChI=1S/C55H64FN11O9/c1-36(58-50(70)39-10-6-11-40(31-39)61-55(17-21-64(2)22-18-55)54-60-49(62-63-54)37-15-19-57-20-16-37)38-9-7-12-41(32-38)76-30-5-3-4-27-74-28-8-29-75-35-48(69)66-25-23-65(24-26-66)46-34-43-42(33-44(46)56)52(72)67(53(43)73)45-13-14-47(68)59-51(45)71/h6-7,9-12,15-16,19-20,31-34,36,45,61H,3-5,8,13-14,17-18,21-30,35H2,1-2H3,(H,58,70)(H,59,68,71)(H,60,62,63). The molecule has 20 nitrogen and oxygen atoms in total. The van der Waals surface area contributed by atoms with Crippen molar-refractivity contribution < 1.29 is 47.4 Å². The lowest BCUT2D eigenvalue weighted by Crippen LogP contribution is -2.54. The third-order valence-corrected chi connectivity index (χ3v) is 14.4. The van der Waals surface area contributed by atoms with E-state index in [0.29, 0.717) is 70.4 Å². The number of carbonyl (C=O) groups is 6. The van der Waals surface area contributed by atoms with Gasteiger partial charge in [-0.25, -0.2) is 9.37 Å². The van der Waals surface area contributed by atoms with E-state index < -0.39 is 41.0 Å². The van der Waals surface area contributed by atoms with E-state index in [1.165, 1.54) is 6.07 Å². The maximum atomic E-state index is 15.4. The van der Waals surface area contributed by atoms with Crippen LogP contribution in [0.1, 0.15) is 107 Å².